The maximum absolute atomic E-state index is 12.4. The Hall–Kier alpha value is -0.991. The fraction of sp³-hybridized carbons (Fsp3) is 0.632. The third-order valence-electron chi connectivity index (χ3n) is 4.45. The minimum absolute atomic E-state index is 0.0310. The SMILES string of the molecule is CCCCCCCCCCCCN1C(=O)c2ccccc2[Se]1=O. The Bertz CT molecular complexity index is 495. The van der Waals surface area contributed by atoms with Crippen molar-refractivity contribution in [2.24, 2.45) is 0 Å². The zero-order valence-corrected chi connectivity index (χ0v) is 16.0. The van der Waals surface area contributed by atoms with Crippen LogP contribution in [0.15, 0.2) is 24.3 Å². The van der Waals surface area contributed by atoms with Crippen LogP contribution in [-0.4, -0.2) is 30.4 Å². The van der Waals surface area contributed by atoms with E-state index in [1.807, 2.05) is 18.2 Å². The van der Waals surface area contributed by atoms with Crippen molar-refractivity contribution < 1.29 is 8.63 Å². The van der Waals surface area contributed by atoms with Gasteiger partial charge in [0.2, 0.25) is 0 Å². The molecule has 0 spiro atoms. The van der Waals surface area contributed by atoms with Crippen molar-refractivity contribution in [2.75, 3.05) is 6.54 Å². The molecule has 0 aromatic heterocycles. The van der Waals surface area contributed by atoms with Crippen molar-refractivity contribution in [3.05, 3.63) is 29.8 Å². The monoisotopic (exact) mass is 383 g/mol. The standard InChI is InChI=1S/C19H29NO2Se/c1-2-3-4-5-6-7-8-9-10-13-16-20-19(21)17-14-11-12-15-18(17)23(20)22/h11-12,14-15H,2-10,13,16H2,1H3. The molecule has 0 bridgehead atoms. The van der Waals surface area contributed by atoms with Crippen LogP contribution in [0.25, 0.3) is 0 Å². The van der Waals surface area contributed by atoms with Gasteiger partial charge in [-0.1, -0.05) is 6.92 Å². The van der Waals surface area contributed by atoms with Crippen LogP contribution in [0.4, 0.5) is 0 Å². The molecule has 0 saturated heterocycles. The van der Waals surface area contributed by atoms with Gasteiger partial charge in [-0.15, -0.1) is 0 Å². The summed E-state index contributed by atoms with van der Waals surface area (Å²) in [4.78, 5) is 12.3. The second-order valence-electron chi connectivity index (χ2n) is 6.33. The third-order valence-corrected chi connectivity index (χ3v) is 7.55. The minimum atomic E-state index is -2.32. The molecule has 0 fully saturated rings. The van der Waals surface area contributed by atoms with Crippen LogP contribution in [0.1, 0.15) is 81.5 Å². The summed E-state index contributed by atoms with van der Waals surface area (Å²) in [7, 11) is 0. The van der Waals surface area contributed by atoms with E-state index in [-0.39, 0.29) is 5.91 Å². The molecule has 1 heterocycles. The average molecular weight is 382 g/mol. The Morgan fingerprint density at radius 2 is 1.43 bits per heavy atom. The molecule has 1 unspecified atom stereocenters. The van der Waals surface area contributed by atoms with Crippen molar-refractivity contribution in [2.45, 2.75) is 71.1 Å². The van der Waals surface area contributed by atoms with Gasteiger partial charge >= 0.3 is 138 Å². The Labute approximate surface area is 144 Å². The van der Waals surface area contributed by atoms with Crippen LogP contribution in [-0.2, 0) is 3.83 Å². The van der Waals surface area contributed by atoms with E-state index in [0.29, 0.717) is 12.1 Å². The Balaban J connectivity index is 1.57. The molecule has 1 aromatic carbocycles. The van der Waals surface area contributed by atoms with E-state index in [1.165, 1.54) is 51.4 Å². The molecule has 0 N–H and O–H groups in total. The summed E-state index contributed by atoms with van der Waals surface area (Å²) in [5, 5.41) is 0. The molecule has 0 saturated carbocycles. The summed E-state index contributed by atoms with van der Waals surface area (Å²) in [6, 6.07) is 7.35. The molecular formula is C19H29NO2Se. The summed E-state index contributed by atoms with van der Waals surface area (Å²) < 4.78 is 14.8. The third kappa shape index (κ3) is 5.25. The first-order valence-corrected chi connectivity index (χ1v) is 11.4. The van der Waals surface area contributed by atoms with Crippen LogP contribution < -0.4 is 4.46 Å². The average Bonchev–Trinajstić information content (AvgIpc) is 2.81. The predicted molar refractivity (Wildman–Crippen MR) is 95.4 cm³/mol. The van der Waals surface area contributed by atoms with Crippen LogP contribution in [0.5, 0.6) is 0 Å². The van der Waals surface area contributed by atoms with Crippen LogP contribution >= 0.6 is 0 Å². The number of fused-ring (bicyclic) bond motifs is 1. The number of unbranched alkanes of at least 4 members (excludes halogenated alkanes) is 9. The molecule has 128 valence electrons. The summed E-state index contributed by atoms with van der Waals surface area (Å²) in [5.74, 6) is -0.0310. The van der Waals surface area contributed by atoms with Gasteiger partial charge in [0.15, 0.2) is 0 Å². The number of amides is 1. The van der Waals surface area contributed by atoms with E-state index in [2.05, 4.69) is 6.92 Å². The van der Waals surface area contributed by atoms with Gasteiger partial charge < -0.3 is 0 Å². The van der Waals surface area contributed by atoms with E-state index in [1.54, 1.807) is 9.98 Å². The van der Waals surface area contributed by atoms with Crippen molar-refractivity contribution in [1.29, 1.82) is 0 Å². The van der Waals surface area contributed by atoms with Crippen molar-refractivity contribution in [3.63, 3.8) is 0 Å². The number of carbonyl (C=O) groups excluding carboxylic acids is 1. The molecule has 1 amide bonds. The summed E-state index contributed by atoms with van der Waals surface area (Å²) >= 11 is -2.32. The fourth-order valence-corrected chi connectivity index (χ4v) is 5.82. The van der Waals surface area contributed by atoms with Gasteiger partial charge in [0.1, 0.15) is 0 Å². The normalized spacial score (nSPS) is 16.8. The summed E-state index contributed by atoms with van der Waals surface area (Å²) in [6.07, 6.45) is 12.7. The molecule has 23 heavy (non-hydrogen) atoms. The predicted octanol–water partition coefficient (Wildman–Crippen LogP) is 4.19. The molecule has 1 aliphatic rings. The first-order valence-electron chi connectivity index (χ1n) is 9.08. The number of hydrogen-bond donors (Lipinski definition) is 0. The van der Waals surface area contributed by atoms with Crippen LogP contribution in [0.2, 0.25) is 0 Å². The molecule has 2 rings (SSSR count). The second-order valence-corrected chi connectivity index (χ2v) is 9.23. The summed E-state index contributed by atoms with van der Waals surface area (Å²) in [5.41, 5.74) is 0.652. The van der Waals surface area contributed by atoms with E-state index in [4.69, 9.17) is 0 Å². The van der Waals surface area contributed by atoms with Gasteiger partial charge in [0.05, 0.1) is 0 Å². The van der Waals surface area contributed by atoms with E-state index in [0.717, 1.165) is 17.3 Å². The van der Waals surface area contributed by atoms with E-state index >= 15 is 0 Å². The van der Waals surface area contributed by atoms with Gasteiger partial charge in [-0.3, -0.25) is 0 Å². The van der Waals surface area contributed by atoms with Gasteiger partial charge in [-0.2, -0.15) is 0 Å². The van der Waals surface area contributed by atoms with Crippen molar-refractivity contribution in [1.82, 2.24) is 3.92 Å². The molecule has 3 nitrogen and oxygen atoms in total. The number of benzene rings is 1. The molecule has 1 aromatic rings. The topological polar surface area (TPSA) is 37.4 Å². The van der Waals surface area contributed by atoms with Gasteiger partial charge in [-0.25, -0.2) is 0 Å². The zero-order chi connectivity index (χ0) is 16.5. The zero-order valence-electron chi connectivity index (χ0n) is 14.3. The molecule has 0 radical (unpaired) electrons. The van der Waals surface area contributed by atoms with Gasteiger partial charge in [-0.05, 0) is 0 Å². The molecule has 1 aliphatic heterocycles. The van der Waals surface area contributed by atoms with Gasteiger partial charge in [0.25, 0.3) is 0 Å². The Morgan fingerprint density at radius 1 is 0.870 bits per heavy atom. The number of nitrogens with zero attached hydrogens (tertiary/aromatic N) is 1. The number of hydrogen-bond acceptors (Lipinski definition) is 2. The van der Waals surface area contributed by atoms with Crippen molar-refractivity contribution in [3.8, 4) is 0 Å². The fourth-order valence-electron chi connectivity index (χ4n) is 3.05. The molecular weight excluding hydrogens is 353 g/mol. The Morgan fingerprint density at radius 3 is 2.04 bits per heavy atom. The van der Waals surface area contributed by atoms with E-state index in [9.17, 15) is 8.63 Å². The van der Waals surface area contributed by atoms with Crippen LogP contribution in [0.3, 0.4) is 0 Å². The second kappa shape index (κ2) is 10.00. The maximum atomic E-state index is 12.4. The van der Waals surface area contributed by atoms with Crippen molar-refractivity contribution >= 4 is 24.4 Å². The first kappa shape index (κ1) is 18.3. The quantitative estimate of drug-likeness (QED) is 0.425. The van der Waals surface area contributed by atoms with E-state index < -0.39 is 14.1 Å². The Kier molecular flexibility index (Phi) is 7.97. The van der Waals surface area contributed by atoms with Crippen LogP contribution in [0, 0.1) is 0 Å². The first-order chi connectivity index (χ1) is 11.3. The summed E-state index contributed by atoms with van der Waals surface area (Å²) in [6.45, 7) is 2.90. The molecule has 4 heteroatoms. The molecule has 1 atom stereocenters. The number of carbonyl (C=O) groups is 1. The van der Waals surface area contributed by atoms with Gasteiger partial charge in [0, 0.05) is 0 Å². The number of rotatable bonds is 11. The molecule has 0 aliphatic carbocycles.